The molecule has 3 aromatic rings. The van der Waals surface area contributed by atoms with Crippen molar-refractivity contribution in [1.29, 1.82) is 5.26 Å². The van der Waals surface area contributed by atoms with Crippen molar-refractivity contribution in [2.24, 2.45) is 0 Å². The summed E-state index contributed by atoms with van der Waals surface area (Å²) in [5.74, 6) is -0.765. The molecule has 0 fully saturated rings. The van der Waals surface area contributed by atoms with Crippen LogP contribution in [0.4, 0.5) is 0 Å². The van der Waals surface area contributed by atoms with Crippen molar-refractivity contribution in [3.05, 3.63) is 102 Å². The van der Waals surface area contributed by atoms with E-state index in [9.17, 15) is 14.4 Å². The van der Waals surface area contributed by atoms with Crippen LogP contribution in [0.1, 0.15) is 63.8 Å². The average molecular weight is 463 g/mol. The van der Waals surface area contributed by atoms with Crippen LogP contribution in [-0.4, -0.2) is 20.3 Å². The van der Waals surface area contributed by atoms with Gasteiger partial charge in [-0.25, -0.2) is 9.78 Å². The summed E-state index contributed by atoms with van der Waals surface area (Å²) in [5, 5.41) is 9.10. The molecule has 0 radical (unpaired) electrons. The zero-order valence-electron chi connectivity index (χ0n) is 18.8. The van der Waals surface area contributed by atoms with Crippen LogP contribution in [0.5, 0.6) is 0 Å². The molecule has 1 N–H and O–H groups in total. The zero-order valence-corrected chi connectivity index (χ0v) is 19.5. The van der Waals surface area contributed by atoms with E-state index in [1.807, 2.05) is 19.1 Å². The van der Waals surface area contributed by atoms with E-state index >= 15 is 0 Å². The van der Waals surface area contributed by atoms with Gasteiger partial charge in [-0.05, 0) is 66.8 Å². The number of hydrogen-bond donors (Lipinski definition) is 1. The number of nitrogens with one attached hydrogen (secondary N) is 1. The first-order valence-corrected chi connectivity index (χ1v) is 10.7. The minimum absolute atomic E-state index is 0.0325. The lowest BCUT2D eigenvalue weighted by molar-refractivity contribution is 0.102. The molecule has 0 amide bonds. The van der Waals surface area contributed by atoms with Crippen LogP contribution in [0, 0.1) is 25.2 Å². The Labute approximate surface area is 196 Å². The molecule has 0 aliphatic heterocycles. The normalized spacial score (nSPS) is 11.2. The van der Waals surface area contributed by atoms with Crippen molar-refractivity contribution < 1.29 is 4.79 Å². The summed E-state index contributed by atoms with van der Waals surface area (Å²) in [7, 11) is 0. The minimum Gasteiger partial charge on any atom is -0.287 e. The molecule has 0 atom stereocenters. The van der Waals surface area contributed by atoms with E-state index in [1.165, 1.54) is 10.6 Å². The van der Waals surface area contributed by atoms with Gasteiger partial charge in [-0.2, -0.15) is 5.26 Å². The van der Waals surface area contributed by atoms with Gasteiger partial charge in [-0.1, -0.05) is 31.5 Å². The summed E-state index contributed by atoms with van der Waals surface area (Å²) in [5.41, 5.74) is 2.12. The van der Waals surface area contributed by atoms with Crippen LogP contribution in [0.15, 0.2) is 46.0 Å². The maximum absolute atomic E-state index is 13.8. The number of H-pyrrole nitrogens is 1. The first-order chi connectivity index (χ1) is 15.6. The van der Waals surface area contributed by atoms with E-state index in [1.54, 1.807) is 51.1 Å². The van der Waals surface area contributed by atoms with Gasteiger partial charge in [0, 0.05) is 22.9 Å². The summed E-state index contributed by atoms with van der Waals surface area (Å²) in [6, 6.07) is 10.5. The fourth-order valence-electron chi connectivity index (χ4n) is 3.80. The molecule has 0 bridgehead atoms. The molecule has 1 aromatic carbocycles. The van der Waals surface area contributed by atoms with E-state index < -0.39 is 17.0 Å². The third-order valence-electron chi connectivity index (χ3n) is 5.06. The zero-order chi connectivity index (χ0) is 24.3. The van der Waals surface area contributed by atoms with Crippen molar-refractivity contribution >= 4 is 23.5 Å². The van der Waals surface area contributed by atoms with E-state index in [0.717, 1.165) is 5.56 Å². The largest absolute Gasteiger partial charge is 0.329 e. The van der Waals surface area contributed by atoms with Crippen LogP contribution in [0.25, 0.3) is 6.08 Å². The monoisotopic (exact) mass is 462 g/mol. The van der Waals surface area contributed by atoms with Gasteiger partial charge in [0.15, 0.2) is 0 Å². The highest BCUT2D eigenvalue weighted by Crippen LogP contribution is 2.21. The number of aryl methyl sites for hydroxylation is 2. The first-order valence-electron chi connectivity index (χ1n) is 10.3. The summed E-state index contributed by atoms with van der Waals surface area (Å²) in [4.78, 5) is 45.8. The molecule has 3 rings (SSSR count). The predicted molar refractivity (Wildman–Crippen MR) is 128 cm³/mol. The highest BCUT2D eigenvalue weighted by molar-refractivity contribution is 6.29. The van der Waals surface area contributed by atoms with E-state index in [0.29, 0.717) is 22.4 Å². The second-order valence-corrected chi connectivity index (χ2v) is 8.51. The number of nitrogens with zero attached hydrogens (tertiary/aromatic N) is 3. The van der Waals surface area contributed by atoms with Gasteiger partial charge in [0.2, 0.25) is 5.78 Å². The lowest BCUT2D eigenvalue weighted by Gasteiger charge is -2.18. The van der Waals surface area contributed by atoms with Crippen LogP contribution in [0.2, 0.25) is 5.15 Å². The molecule has 2 heterocycles. The fraction of sp³-hybridized carbons (Fsp3) is 0.240. The molecule has 0 aliphatic carbocycles. The molecule has 0 spiro atoms. The third-order valence-corrected chi connectivity index (χ3v) is 5.26. The number of allylic oxidation sites excluding steroid dienone is 1. The number of hydrogen-bond acceptors (Lipinski definition) is 5. The molecule has 33 heavy (non-hydrogen) atoms. The lowest BCUT2D eigenvalue weighted by atomic mass is 9.95. The average Bonchev–Trinajstić information content (AvgIpc) is 2.72. The molecule has 0 unspecified atom stereocenters. The first kappa shape index (κ1) is 23.9. The number of halogens is 1. The molecule has 8 heteroatoms. The van der Waals surface area contributed by atoms with Crippen LogP contribution >= 0.6 is 11.6 Å². The van der Waals surface area contributed by atoms with Gasteiger partial charge < -0.3 is 0 Å². The number of rotatable bonds is 6. The van der Waals surface area contributed by atoms with Crippen molar-refractivity contribution in [3.63, 3.8) is 0 Å². The van der Waals surface area contributed by atoms with Gasteiger partial charge in [-0.3, -0.25) is 19.1 Å². The van der Waals surface area contributed by atoms with E-state index in [-0.39, 0.29) is 28.9 Å². The van der Waals surface area contributed by atoms with Crippen molar-refractivity contribution in [3.8, 4) is 6.07 Å². The van der Waals surface area contributed by atoms with Crippen molar-refractivity contribution in [1.82, 2.24) is 14.5 Å². The Morgan fingerprint density at radius 2 is 1.94 bits per heavy atom. The molecule has 2 aromatic heterocycles. The fourth-order valence-corrected chi connectivity index (χ4v) is 4.07. The Kier molecular flexibility index (Phi) is 7.10. The minimum atomic E-state index is -0.685. The number of nitriles is 1. The second-order valence-electron chi connectivity index (χ2n) is 8.13. The Bertz CT molecular complexity index is 1400. The van der Waals surface area contributed by atoms with Gasteiger partial charge in [-0.15, -0.1) is 0 Å². The smallest absolute Gasteiger partial charge is 0.287 e. The summed E-state index contributed by atoms with van der Waals surface area (Å²) in [6.45, 7) is 7.23. The molecular formula is C25H23ClN4O3. The lowest BCUT2D eigenvalue weighted by Crippen LogP contribution is -2.38. The molecular weight excluding hydrogens is 440 g/mol. The van der Waals surface area contributed by atoms with Crippen LogP contribution in [-0.2, 0) is 6.54 Å². The quantitative estimate of drug-likeness (QED) is 0.336. The number of carbonyl (C=O) groups is 1. The standard InChI is InChI=1S/C25H23ClN4O3/c1-14(2)21-22(23(31)19-9-15(3)8-17(11-19)6-5-7-27)30(25(33)29-24(21)32)13-18-10-16(4)28-20(26)12-18/h5-6,8-12,14H,13H2,1-4H3,(H,29,32,33)/b6-5+. The molecule has 0 saturated heterocycles. The highest BCUT2D eigenvalue weighted by Gasteiger charge is 2.25. The Balaban J connectivity index is 2.27. The number of aromatic amines is 1. The van der Waals surface area contributed by atoms with Crippen LogP contribution in [0.3, 0.4) is 0 Å². The molecule has 0 aliphatic rings. The highest BCUT2D eigenvalue weighted by atomic mass is 35.5. The maximum atomic E-state index is 13.8. The topological polar surface area (TPSA) is 109 Å². The number of ketones is 1. The number of carbonyl (C=O) groups excluding carboxylic acids is 1. The molecule has 7 nitrogen and oxygen atoms in total. The summed E-state index contributed by atoms with van der Waals surface area (Å²) in [6.07, 6.45) is 2.92. The summed E-state index contributed by atoms with van der Waals surface area (Å²) >= 11 is 6.09. The van der Waals surface area contributed by atoms with Crippen molar-refractivity contribution in [2.75, 3.05) is 0 Å². The van der Waals surface area contributed by atoms with E-state index in [4.69, 9.17) is 16.9 Å². The van der Waals surface area contributed by atoms with Gasteiger partial charge in [0.05, 0.1) is 12.6 Å². The second kappa shape index (κ2) is 9.80. The number of pyridine rings is 1. The van der Waals surface area contributed by atoms with Gasteiger partial charge in [0.1, 0.15) is 10.8 Å². The SMILES string of the molecule is Cc1cc(/C=C/C#N)cc(C(=O)c2c(C(C)C)c(=O)[nH]c(=O)n2Cc2cc(C)nc(Cl)c2)c1. The Hall–Kier alpha value is -3.76. The maximum Gasteiger partial charge on any atom is 0.329 e. The Morgan fingerprint density at radius 3 is 2.58 bits per heavy atom. The molecule has 0 saturated carbocycles. The number of benzene rings is 1. The van der Waals surface area contributed by atoms with Gasteiger partial charge >= 0.3 is 5.69 Å². The molecule has 168 valence electrons. The summed E-state index contributed by atoms with van der Waals surface area (Å²) < 4.78 is 1.28. The number of aromatic nitrogens is 3. The van der Waals surface area contributed by atoms with Gasteiger partial charge in [0.25, 0.3) is 5.56 Å². The predicted octanol–water partition coefficient (Wildman–Crippen LogP) is 4.14. The van der Waals surface area contributed by atoms with Crippen molar-refractivity contribution in [2.45, 2.75) is 40.2 Å². The van der Waals surface area contributed by atoms with E-state index in [2.05, 4.69) is 9.97 Å². The van der Waals surface area contributed by atoms with Crippen LogP contribution < -0.4 is 11.2 Å². The third kappa shape index (κ3) is 5.36. The Morgan fingerprint density at radius 1 is 1.21 bits per heavy atom.